The van der Waals surface area contributed by atoms with Crippen molar-refractivity contribution in [3.8, 4) is 5.69 Å². The molecule has 2 heterocycles. The Morgan fingerprint density at radius 2 is 1.68 bits per heavy atom. The lowest BCUT2D eigenvalue weighted by molar-refractivity contribution is -0.119. The summed E-state index contributed by atoms with van der Waals surface area (Å²) >= 11 is 6.23. The second kappa shape index (κ2) is 10.5. The average Bonchev–Trinajstić information content (AvgIpc) is 3.34. The Bertz CT molecular complexity index is 1410. The normalized spacial score (nSPS) is 12.2. The zero-order valence-electron chi connectivity index (χ0n) is 21.4. The van der Waals surface area contributed by atoms with Gasteiger partial charge in [-0.3, -0.25) is 14.5 Å². The molecular formula is C28H29ClN6O2. The van der Waals surface area contributed by atoms with Crippen LogP contribution in [-0.2, 0) is 10.2 Å². The number of para-hydroxylation sites is 1. The highest BCUT2D eigenvalue weighted by molar-refractivity contribution is 6.30. The fourth-order valence-corrected chi connectivity index (χ4v) is 3.89. The number of likely N-dealkylation sites (N-methyl/N-ethyl adjacent to an activating group) is 1. The van der Waals surface area contributed by atoms with Crippen molar-refractivity contribution in [1.29, 1.82) is 0 Å². The zero-order valence-corrected chi connectivity index (χ0v) is 22.2. The average molecular weight is 517 g/mol. The molecule has 1 N–H and O–H groups in total. The van der Waals surface area contributed by atoms with Crippen LogP contribution in [0.15, 0.2) is 73.1 Å². The molecule has 0 spiro atoms. The molecule has 37 heavy (non-hydrogen) atoms. The van der Waals surface area contributed by atoms with E-state index in [0.717, 1.165) is 11.4 Å². The van der Waals surface area contributed by atoms with Crippen molar-refractivity contribution in [2.24, 2.45) is 0 Å². The first-order valence-corrected chi connectivity index (χ1v) is 12.2. The standard InChI is InChI=1S/C28H29ClN6O2/c1-18(19-16-30-25(31-17-19)26(36)32-21-11-7-6-8-12-21)27(37)34(5)24-15-23(28(2,3)4)33-35(24)22-13-9-10-20(29)14-22/h6-18H,1-5H3,(H,32,36). The van der Waals surface area contributed by atoms with E-state index in [9.17, 15) is 9.59 Å². The number of nitrogens with one attached hydrogen (secondary N) is 1. The van der Waals surface area contributed by atoms with Gasteiger partial charge in [-0.25, -0.2) is 14.6 Å². The summed E-state index contributed by atoms with van der Waals surface area (Å²) in [5.74, 6) is -0.516. The number of carbonyl (C=O) groups is 2. The maximum Gasteiger partial charge on any atom is 0.293 e. The maximum atomic E-state index is 13.5. The number of carbonyl (C=O) groups excluding carboxylic acids is 2. The highest BCUT2D eigenvalue weighted by atomic mass is 35.5. The van der Waals surface area contributed by atoms with E-state index in [4.69, 9.17) is 16.7 Å². The molecule has 8 nitrogen and oxygen atoms in total. The van der Waals surface area contributed by atoms with Crippen molar-refractivity contribution in [1.82, 2.24) is 19.7 Å². The number of anilines is 2. The summed E-state index contributed by atoms with van der Waals surface area (Å²) in [6.07, 6.45) is 3.02. The summed E-state index contributed by atoms with van der Waals surface area (Å²) in [4.78, 5) is 36.0. The number of hydrogen-bond donors (Lipinski definition) is 1. The molecule has 0 aliphatic carbocycles. The Hall–Kier alpha value is -4.04. The molecule has 0 saturated heterocycles. The van der Waals surface area contributed by atoms with Gasteiger partial charge in [0.2, 0.25) is 11.7 Å². The minimum absolute atomic E-state index is 0.0226. The lowest BCUT2D eigenvalue weighted by Crippen LogP contribution is -2.32. The highest BCUT2D eigenvalue weighted by Gasteiger charge is 2.27. The molecule has 0 aliphatic rings. The Morgan fingerprint density at radius 3 is 2.30 bits per heavy atom. The first kappa shape index (κ1) is 26.0. The van der Waals surface area contributed by atoms with Crippen LogP contribution in [0.25, 0.3) is 5.69 Å². The van der Waals surface area contributed by atoms with E-state index in [-0.39, 0.29) is 17.1 Å². The van der Waals surface area contributed by atoms with Gasteiger partial charge in [0.15, 0.2) is 0 Å². The third-order valence-corrected chi connectivity index (χ3v) is 6.20. The van der Waals surface area contributed by atoms with Crippen LogP contribution >= 0.6 is 11.6 Å². The molecule has 0 saturated carbocycles. The van der Waals surface area contributed by atoms with Crippen molar-refractivity contribution in [3.05, 3.63) is 95.2 Å². The van der Waals surface area contributed by atoms with Crippen LogP contribution in [0, 0.1) is 0 Å². The van der Waals surface area contributed by atoms with Gasteiger partial charge in [0.05, 0.1) is 17.3 Å². The minimum atomic E-state index is -0.558. The third kappa shape index (κ3) is 5.86. The fourth-order valence-electron chi connectivity index (χ4n) is 3.71. The van der Waals surface area contributed by atoms with Gasteiger partial charge in [0, 0.05) is 47.2 Å². The predicted molar refractivity (Wildman–Crippen MR) is 146 cm³/mol. The van der Waals surface area contributed by atoms with E-state index >= 15 is 0 Å². The van der Waals surface area contributed by atoms with E-state index in [1.165, 1.54) is 12.4 Å². The van der Waals surface area contributed by atoms with Crippen molar-refractivity contribution in [3.63, 3.8) is 0 Å². The number of aromatic nitrogens is 4. The Morgan fingerprint density at radius 1 is 1.00 bits per heavy atom. The van der Waals surface area contributed by atoms with Crippen LogP contribution < -0.4 is 10.2 Å². The second-order valence-electron chi connectivity index (χ2n) is 9.81. The largest absolute Gasteiger partial charge is 0.319 e. The summed E-state index contributed by atoms with van der Waals surface area (Å²) in [5, 5.41) is 8.12. The van der Waals surface area contributed by atoms with Crippen molar-refractivity contribution >= 4 is 34.9 Å². The molecule has 2 aromatic heterocycles. The number of halogens is 1. The summed E-state index contributed by atoms with van der Waals surface area (Å²) < 4.78 is 1.73. The lowest BCUT2D eigenvalue weighted by Gasteiger charge is -2.22. The van der Waals surface area contributed by atoms with Gasteiger partial charge in [-0.15, -0.1) is 0 Å². The van der Waals surface area contributed by atoms with E-state index in [0.29, 0.717) is 22.1 Å². The molecule has 4 rings (SSSR count). The first-order chi connectivity index (χ1) is 17.5. The molecule has 4 aromatic rings. The third-order valence-electron chi connectivity index (χ3n) is 5.96. The molecule has 190 valence electrons. The summed E-state index contributed by atoms with van der Waals surface area (Å²) in [5.41, 5.74) is 2.61. The molecule has 9 heteroatoms. The summed E-state index contributed by atoms with van der Waals surface area (Å²) in [7, 11) is 1.71. The van der Waals surface area contributed by atoms with Crippen LogP contribution in [0.5, 0.6) is 0 Å². The van der Waals surface area contributed by atoms with Crippen molar-refractivity contribution < 1.29 is 9.59 Å². The number of amides is 2. The zero-order chi connectivity index (χ0) is 26.7. The molecule has 0 fully saturated rings. The van der Waals surface area contributed by atoms with Gasteiger partial charge in [0.25, 0.3) is 5.91 Å². The molecule has 2 amide bonds. The van der Waals surface area contributed by atoms with Gasteiger partial charge in [-0.1, -0.05) is 56.6 Å². The van der Waals surface area contributed by atoms with Gasteiger partial charge in [-0.2, -0.15) is 5.10 Å². The molecule has 1 unspecified atom stereocenters. The lowest BCUT2D eigenvalue weighted by atomic mass is 9.92. The van der Waals surface area contributed by atoms with Crippen LogP contribution in [0.1, 0.15) is 55.5 Å². The molecule has 0 aliphatic heterocycles. The van der Waals surface area contributed by atoms with Crippen molar-refractivity contribution in [2.45, 2.75) is 39.0 Å². The Labute approximate surface area is 221 Å². The topological polar surface area (TPSA) is 93.0 Å². The fraction of sp³-hybridized carbons (Fsp3) is 0.250. The SMILES string of the molecule is CC(C(=O)N(C)c1cc(C(C)(C)C)nn1-c1cccc(Cl)c1)c1cnc(C(=O)Nc2ccccc2)nc1. The molecule has 0 bridgehead atoms. The summed E-state index contributed by atoms with van der Waals surface area (Å²) in [6.45, 7) is 7.99. The molecular weight excluding hydrogens is 488 g/mol. The van der Waals surface area contributed by atoms with E-state index < -0.39 is 11.8 Å². The molecule has 0 radical (unpaired) electrons. The van der Waals surface area contributed by atoms with Crippen molar-refractivity contribution in [2.75, 3.05) is 17.3 Å². The molecule has 1 atom stereocenters. The van der Waals surface area contributed by atoms with Gasteiger partial charge in [0.1, 0.15) is 5.82 Å². The number of hydrogen-bond acceptors (Lipinski definition) is 5. The summed E-state index contributed by atoms with van der Waals surface area (Å²) in [6, 6.07) is 18.3. The quantitative estimate of drug-likeness (QED) is 0.358. The van der Waals surface area contributed by atoms with Gasteiger partial charge in [-0.05, 0) is 37.3 Å². The minimum Gasteiger partial charge on any atom is -0.319 e. The van der Waals surface area contributed by atoms with Gasteiger partial charge < -0.3 is 5.32 Å². The number of rotatable bonds is 6. The van der Waals surface area contributed by atoms with E-state index in [1.54, 1.807) is 47.8 Å². The van der Waals surface area contributed by atoms with Crippen LogP contribution in [0.3, 0.4) is 0 Å². The predicted octanol–water partition coefficient (Wildman–Crippen LogP) is 5.63. The smallest absolute Gasteiger partial charge is 0.293 e. The van der Waals surface area contributed by atoms with Crippen LogP contribution in [0.2, 0.25) is 5.02 Å². The van der Waals surface area contributed by atoms with Gasteiger partial charge >= 0.3 is 0 Å². The molecule has 2 aromatic carbocycles. The number of nitrogens with zero attached hydrogens (tertiary/aromatic N) is 5. The second-order valence-corrected chi connectivity index (χ2v) is 10.2. The first-order valence-electron chi connectivity index (χ1n) is 11.9. The Balaban J connectivity index is 1.57. The number of benzene rings is 2. The van der Waals surface area contributed by atoms with E-state index in [1.807, 2.05) is 36.4 Å². The Kier molecular flexibility index (Phi) is 7.40. The van der Waals surface area contributed by atoms with Crippen LogP contribution in [0.4, 0.5) is 11.5 Å². The maximum absolute atomic E-state index is 13.5. The van der Waals surface area contributed by atoms with Crippen LogP contribution in [-0.4, -0.2) is 38.6 Å². The van der Waals surface area contributed by atoms with E-state index in [2.05, 4.69) is 36.1 Å². The monoisotopic (exact) mass is 516 g/mol. The highest BCUT2D eigenvalue weighted by Crippen LogP contribution is 2.30.